The molecule has 122 valence electrons. The van der Waals surface area contributed by atoms with Crippen molar-refractivity contribution in [1.29, 1.82) is 5.26 Å². The highest BCUT2D eigenvalue weighted by Crippen LogP contribution is 2.28. The van der Waals surface area contributed by atoms with Gasteiger partial charge in [0.25, 0.3) is 5.91 Å². The summed E-state index contributed by atoms with van der Waals surface area (Å²) in [7, 11) is 0. The van der Waals surface area contributed by atoms with Crippen molar-refractivity contribution in [1.82, 2.24) is 5.43 Å². The number of hydrogen-bond donors (Lipinski definition) is 1. The predicted octanol–water partition coefficient (Wildman–Crippen LogP) is 3.48. The number of halogens is 4. The summed E-state index contributed by atoms with van der Waals surface area (Å²) in [6.07, 6.45) is -3.31. The van der Waals surface area contributed by atoms with Gasteiger partial charge in [0.2, 0.25) is 0 Å². The summed E-state index contributed by atoms with van der Waals surface area (Å²) in [5.41, 5.74) is 1.34. The molecule has 24 heavy (non-hydrogen) atoms. The Morgan fingerprint density at radius 2 is 1.83 bits per heavy atom. The Labute approximate surface area is 134 Å². The summed E-state index contributed by atoms with van der Waals surface area (Å²) >= 11 is 0. The van der Waals surface area contributed by atoms with Crippen molar-refractivity contribution in [2.45, 2.75) is 6.18 Å². The number of alkyl halides is 3. The first kappa shape index (κ1) is 17.1. The highest BCUT2D eigenvalue weighted by molar-refractivity contribution is 5.95. The number of nitrogens with one attached hydrogen (secondary N) is 1. The van der Waals surface area contributed by atoms with Crippen molar-refractivity contribution in [3.8, 4) is 6.07 Å². The van der Waals surface area contributed by atoms with E-state index in [1.807, 2.05) is 0 Å². The fourth-order valence-corrected chi connectivity index (χ4v) is 1.75. The van der Waals surface area contributed by atoms with Crippen molar-refractivity contribution in [2.75, 3.05) is 0 Å². The highest BCUT2D eigenvalue weighted by atomic mass is 19.4. The van der Waals surface area contributed by atoms with Crippen LogP contribution >= 0.6 is 0 Å². The van der Waals surface area contributed by atoms with Crippen LogP contribution < -0.4 is 5.43 Å². The second-order valence-electron chi connectivity index (χ2n) is 4.63. The van der Waals surface area contributed by atoms with Crippen LogP contribution in [0.5, 0.6) is 0 Å². The molecule has 0 aliphatic heterocycles. The number of nitriles is 1. The molecule has 0 aliphatic rings. The number of nitrogens with zero attached hydrogens (tertiary/aromatic N) is 2. The molecule has 0 unspecified atom stereocenters. The average molecular weight is 335 g/mol. The lowest BCUT2D eigenvalue weighted by atomic mass is 10.1. The van der Waals surface area contributed by atoms with Gasteiger partial charge in [0.05, 0.1) is 29.0 Å². The topological polar surface area (TPSA) is 65.2 Å². The highest BCUT2D eigenvalue weighted by Gasteiger charge is 2.29. The number of hydrazone groups is 1. The summed E-state index contributed by atoms with van der Waals surface area (Å²) < 4.78 is 50.9. The molecular formula is C16H9F4N3O. The number of hydrogen-bond acceptors (Lipinski definition) is 3. The van der Waals surface area contributed by atoms with E-state index in [0.29, 0.717) is 5.56 Å². The normalized spacial score (nSPS) is 11.3. The molecule has 0 aliphatic carbocycles. The van der Waals surface area contributed by atoms with E-state index in [9.17, 15) is 22.4 Å². The van der Waals surface area contributed by atoms with Gasteiger partial charge in [0, 0.05) is 0 Å². The van der Waals surface area contributed by atoms with Gasteiger partial charge >= 0.3 is 6.18 Å². The Morgan fingerprint density at radius 1 is 1.17 bits per heavy atom. The molecule has 2 rings (SSSR count). The smallest absolute Gasteiger partial charge is 0.267 e. The Bertz CT molecular complexity index is 821. The van der Waals surface area contributed by atoms with Gasteiger partial charge in [-0.3, -0.25) is 4.79 Å². The van der Waals surface area contributed by atoms with Crippen LogP contribution in [0.4, 0.5) is 17.6 Å². The van der Waals surface area contributed by atoms with Crippen LogP contribution in [-0.4, -0.2) is 12.1 Å². The third-order valence-corrected chi connectivity index (χ3v) is 2.96. The van der Waals surface area contributed by atoms with E-state index in [1.54, 1.807) is 6.07 Å². The number of rotatable bonds is 3. The van der Waals surface area contributed by atoms with Crippen molar-refractivity contribution in [3.63, 3.8) is 0 Å². The number of carbonyl (C=O) groups is 1. The summed E-state index contributed by atoms with van der Waals surface area (Å²) in [5, 5.41) is 12.2. The molecule has 4 nitrogen and oxygen atoms in total. The third kappa shape index (κ3) is 4.16. The van der Waals surface area contributed by atoms with E-state index in [2.05, 4.69) is 10.5 Å². The molecule has 0 atom stereocenters. The van der Waals surface area contributed by atoms with E-state index >= 15 is 0 Å². The first-order chi connectivity index (χ1) is 11.3. The van der Waals surface area contributed by atoms with Gasteiger partial charge in [-0.15, -0.1) is 0 Å². The van der Waals surface area contributed by atoms with Crippen LogP contribution in [0, 0.1) is 17.1 Å². The van der Waals surface area contributed by atoms with Crippen molar-refractivity contribution < 1.29 is 22.4 Å². The van der Waals surface area contributed by atoms with Crippen molar-refractivity contribution in [2.24, 2.45) is 5.10 Å². The maximum atomic E-state index is 13.6. The third-order valence-electron chi connectivity index (χ3n) is 2.96. The van der Waals surface area contributed by atoms with E-state index in [1.165, 1.54) is 18.2 Å². The quantitative estimate of drug-likeness (QED) is 0.530. The minimum Gasteiger partial charge on any atom is -0.267 e. The molecule has 2 aromatic rings. The van der Waals surface area contributed by atoms with E-state index in [-0.39, 0.29) is 11.1 Å². The molecule has 0 aromatic heterocycles. The van der Waals surface area contributed by atoms with Crippen molar-refractivity contribution >= 4 is 12.1 Å². The maximum absolute atomic E-state index is 13.6. The Balaban J connectivity index is 2.04. The zero-order valence-corrected chi connectivity index (χ0v) is 11.9. The second-order valence-corrected chi connectivity index (χ2v) is 4.63. The fourth-order valence-electron chi connectivity index (χ4n) is 1.75. The van der Waals surface area contributed by atoms with Gasteiger partial charge in [-0.1, -0.05) is 12.1 Å². The van der Waals surface area contributed by atoms with Gasteiger partial charge < -0.3 is 0 Å². The lowest BCUT2D eigenvalue weighted by Crippen LogP contribution is -2.19. The molecule has 0 saturated carbocycles. The molecule has 0 fully saturated rings. The largest absolute Gasteiger partial charge is 0.416 e. The summed E-state index contributed by atoms with van der Waals surface area (Å²) in [5.74, 6) is -1.73. The lowest BCUT2D eigenvalue weighted by Gasteiger charge is -2.05. The van der Waals surface area contributed by atoms with Crippen LogP contribution in [0.25, 0.3) is 0 Å². The molecular weight excluding hydrogens is 326 g/mol. The van der Waals surface area contributed by atoms with Crippen LogP contribution in [0.2, 0.25) is 0 Å². The molecule has 0 saturated heterocycles. The maximum Gasteiger partial charge on any atom is 0.416 e. The SMILES string of the molecule is N#Cc1ccc(C(=O)N/N=C/c2ccc(C(F)(F)F)cc2)c(F)c1. The zero-order valence-electron chi connectivity index (χ0n) is 11.9. The predicted molar refractivity (Wildman–Crippen MR) is 77.6 cm³/mol. The monoisotopic (exact) mass is 335 g/mol. The number of amides is 1. The van der Waals surface area contributed by atoms with Crippen LogP contribution in [0.15, 0.2) is 47.6 Å². The molecule has 8 heteroatoms. The molecule has 0 spiro atoms. The Kier molecular flexibility index (Phi) is 4.94. The van der Waals surface area contributed by atoms with Gasteiger partial charge in [0.1, 0.15) is 5.82 Å². The van der Waals surface area contributed by atoms with Crippen LogP contribution in [-0.2, 0) is 6.18 Å². The first-order valence-electron chi connectivity index (χ1n) is 6.51. The van der Waals surface area contributed by atoms with Crippen LogP contribution in [0.3, 0.4) is 0 Å². The average Bonchev–Trinajstić information content (AvgIpc) is 2.54. The molecule has 1 amide bonds. The van der Waals surface area contributed by atoms with Gasteiger partial charge in [-0.2, -0.15) is 23.5 Å². The lowest BCUT2D eigenvalue weighted by molar-refractivity contribution is -0.137. The molecule has 0 radical (unpaired) electrons. The van der Waals surface area contributed by atoms with Gasteiger partial charge in [-0.25, -0.2) is 9.82 Å². The number of benzene rings is 2. The minimum absolute atomic E-state index is 0.0669. The second kappa shape index (κ2) is 6.91. The summed E-state index contributed by atoms with van der Waals surface area (Å²) in [4.78, 5) is 11.7. The first-order valence-corrected chi connectivity index (χ1v) is 6.51. The standard InChI is InChI=1S/C16H9F4N3O/c17-14-7-11(8-21)3-6-13(14)15(24)23-22-9-10-1-4-12(5-2-10)16(18,19)20/h1-7,9H,(H,23,24)/b22-9+. The Hall–Kier alpha value is -3.21. The van der Waals surface area contributed by atoms with Crippen molar-refractivity contribution in [3.05, 3.63) is 70.5 Å². The van der Waals surface area contributed by atoms with E-state index in [4.69, 9.17) is 5.26 Å². The molecule has 1 N–H and O–H groups in total. The fraction of sp³-hybridized carbons (Fsp3) is 0.0625. The van der Waals surface area contributed by atoms with Gasteiger partial charge in [-0.05, 0) is 35.9 Å². The van der Waals surface area contributed by atoms with Gasteiger partial charge in [0.15, 0.2) is 0 Å². The Morgan fingerprint density at radius 3 is 2.38 bits per heavy atom. The summed E-state index contributed by atoms with van der Waals surface area (Å²) in [6.45, 7) is 0. The molecule has 0 bridgehead atoms. The van der Waals surface area contributed by atoms with E-state index in [0.717, 1.165) is 30.5 Å². The number of carbonyl (C=O) groups excluding carboxylic acids is 1. The van der Waals surface area contributed by atoms with E-state index < -0.39 is 23.5 Å². The molecule has 0 heterocycles. The minimum atomic E-state index is -4.43. The molecule has 2 aromatic carbocycles. The zero-order chi connectivity index (χ0) is 17.7. The van der Waals surface area contributed by atoms with Crippen LogP contribution in [0.1, 0.15) is 27.0 Å². The summed E-state index contributed by atoms with van der Waals surface area (Å²) in [6, 6.07) is 9.17.